The molecule has 126 valence electrons. The molecule has 0 N–H and O–H groups in total. The number of likely N-dealkylation sites (N-methyl/N-ethyl adjacent to an activating group) is 1. The third-order valence-electron chi connectivity index (χ3n) is 4.64. The van der Waals surface area contributed by atoms with Gasteiger partial charge in [-0.05, 0) is 49.6 Å². The number of nitrogens with zero attached hydrogens (tertiary/aromatic N) is 1. The first-order valence-electron chi connectivity index (χ1n) is 8.41. The molecule has 1 saturated heterocycles. The van der Waals surface area contributed by atoms with E-state index in [-0.39, 0.29) is 11.9 Å². The van der Waals surface area contributed by atoms with Crippen LogP contribution in [0, 0.1) is 11.8 Å². The highest BCUT2D eigenvalue weighted by molar-refractivity contribution is 14.1. The smallest absolute Gasteiger partial charge is 0.168 e. The Morgan fingerprint density at radius 1 is 1.24 bits per heavy atom. The molecule has 2 fully saturated rings. The summed E-state index contributed by atoms with van der Waals surface area (Å²) >= 11 is 2.15. The highest BCUT2D eigenvalue weighted by Crippen LogP contribution is 2.41. The molecule has 0 aromatic heterocycles. The van der Waals surface area contributed by atoms with Gasteiger partial charge in [0.25, 0.3) is 0 Å². The van der Waals surface area contributed by atoms with Crippen molar-refractivity contribution in [2.24, 2.45) is 11.8 Å². The van der Waals surface area contributed by atoms with Crippen LogP contribution in [0.4, 0.5) is 0 Å². The summed E-state index contributed by atoms with van der Waals surface area (Å²) in [5.41, 5.74) is 0. The maximum atomic E-state index is 6.25. The lowest BCUT2D eigenvalue weighted by atomic mass is 9.81. The molecule has 21 heavy (non-hydrogen) atoms. The van der Waals surface area contributed by atoms with Crippen molar-refractivity contribution in [3.05, 3.63) is 0 Å². The van der Waals surface area contributed by atoms with Gasteiger partial charge in [0, 0.05) is 19.4 Å². The fourth-order valence-corrected chi connectivity index (χ4v) is 3.47. The van der Waals surface area contributed by atoms with E-state index in [1.54, 1.807) is 0 Å². The van der Waals surface area contributed by atoms with Crippen LogP contribution in [-0.2, 0) is 9.47 Å². The molecule has 1 spiro atoms. The van der Waals surface area contributed by atoms with Crippen LogP contribution in [0.25, 0.3) is 0 Å². The average Bonchev–Trinajstić information content (AvgIpc) is 2.86. The van der Waals surface area contributed by atoms with Crippen LogP contribution < -0.4 is 0 Å². The standard InChI is InChI=1S/C16H31NO2.CH3I/c1-5-17(4)11-15-12-18-16(19-15)8-6-14(7-9-16)10-13(2)3;1-2/h13-15H,5-12H2,1-4H3;1H3. The van der Waals surface area contributed by atoms with Gasteiger partial charge in [-0.3, -0.25) is 0 Å². The number of ether oxygens (including phenoxy) is 2. The molecule has 1 aliphatic heterocycles. The first-order chi connectivity index (χ1) is 10.0. The highest BCUT2D eigenvalue weighted by Gasteiger charge is 2.44. The summed E-state index contributed by atoms with van der Waals surface area (Å²) in [5.74, 6) is 1.47. The van der Waals surface area contributed by atoms with Crippen LogP contribution >= 0.6 is 22.6 Å². The Balaban J connectivity index is 0.00000106. The Morgan fingerprint density at radius 2 is 1.86 bits per heavy atom. The van der Waals surface area contributed by atoms with E-state index < -0.39 is 0 Å². The quantitative estimate of drug-likeness (QED) is 0.496. The van der Waals surface area contributed by atoms with Gasteiger partial charge in [-0.25, -0.2) is 0 Å². The first kappa shape index (κ1) is 19.7. The zero-order valence-corrected chi connectivity index (χ0v) is 16.7. The maximum absolute atomic E-state index is 6.25. The van der Waals surface area contributed by atoms with Crippen LogP contribution in [0.15, 0.2) is 0 Å². The van der Waals surface area contributed by atoms with Crippen molar-refractivity contribution in [3.8, 4) is 0 Å². The summed E-state index contributed by atoms with van der Waals surface area (Å²) in [6.45, 7) is 9.67. The lowest BCUT2D eigenvalue weighted by Gasteiger charge is -2.36. The third-order valence-corrected chi connectivity index (χ3v) is 4.64. The number of rotatable bonds is 5. The van der Waals surface area contributed by atoms with Crippen LogP contribution in [0.1, 0.15) is 52.9 Å². The lowest BCUT2D eigenvalue weighted by Crippen LogP contribution is -2.38. The topological polar surface area (TPSA) is 21.7 Å². The van der Waals surface area contributed by atoms with Crippen LogP contribution in [0.3, 0.4) is 0 Å². The van der Waals surface area contributed by atoms with Gasteiger partial charge in [0.2, 0.25) is 0 Å². The molecular formula is C17H34INO2. The maximum Gasteiger partial charge on any atom is 0.168 e. The minimum atomic E-state index is -0.229. The molecule has 0 aromatic carbocycles. The second-order valence-electron chi connectivity index (χ2n) is 6.89. The molecule has 0 bridgehead atoms. The van der Waals surface area contributed by atoms with E-state index in [0.29, 0.717) is 0 Å². The number of halogens is 1. The van der Waals surface area contributed by atoms with Crippen molar-refractivity contribution >= 4 is 22.6 Å². The fourth-order valence-electron chi connectivity index (χ4n) is 3.47. The van der Waals surface area contributed by atoms with Crippen molar-refractivity contribution in [2.75, 3.05) is 31.7 Å². The van der Waals surface area contributed by atoms with E-state index in [2.05, 4.69) is 55.3 Å². The van der Waals surface area contributed by atoms with Gasteiger partial charge >= 0.3 is 0 Å². The molecule has 0 amide bonds. The van der Waals surface area contributed by atoms with Gasteiger partial charge in [0.15, 0.2) is 5.79 Å². The monoisotopic (exact) mass is 411 g/mol. The molecule has 1 unspecified atom stereocenters. The van der Waals surface area contributed by atoms with Crippen LogP contribution in [0.2, 0.25) is 0 Å². The van der Waals surface area contributed by atoms with Crippen LogP contribution in [-0.4, -0.2) is 48.5 Å². The minimum Gasteiger partial charge on any atom is -0.347 e. The number of hydrogen-bond acceptors (Lipinski definition) is 3. The molecule has 3 nitrogen and oxygen atoms in total. The van der Waals surface area contributed by atoms with E-state index in [1.165, 1.54) is 19.3 Å². The Labute approximate surface area is 145 Å². The van der Waals surface area contributed by atoms with E-state index in [4.69, 9.17) is 9.47 Å². The molecule has 1 saturated carbocycles. The predicted octanol–water partition coefficient (Wildman–Crippen LogP) is 4.34. The molecule has 2 aliphatic rings. The first-order valence-corrected chi connectivity index (χ1v) is 10.6. The van der Waals surface area contributed by atoms with Gasteiger partial charge in [-0.15, -0.1) is 0 Å². The summed E-state index contributed by atoms with van der Waals surface area (Å²) in [5, 5.41) is 0. The van der Waals surface area contributed by atoms with E-state index >= 15 is 0 Å². The Kier molecular flexibility index (Phi) is 9.06. The second kappa shape index (κ2) is 9.68. The molecule has 4 heteroatoms. The summed E-state index contributed by atoms with van der Waals surface area (Å²) in [4.78, 5) is 4.27. The second-order valence-corrected chi connectivity index (χ2v) is 6.89. The summed E-state index contributed by atoms with van der Waals surface area (Å²) in [6, 6.07) is 0. The predicted molar refractivity (Wildman–Crippen MR) is 98.1 cm³/mol. The minimum absolute atomic E-state index is 0.229. The van der Waals surface area contributed by atoms with Crippen molar-refractivity contribution in [1.82, 2.24) is 4.90 Å². The van der Waals surface area contributed by atoms with Crippen molar-refractivity contribution in [3.63, 3.8) is 0 Å². The largest absolute Gasteiger partial charge is 0.347 e. The molecule has 1 aliphatic carbocycles. The molecule has 0 aromatic rings. The average molecular weight is 411 g/mol. The normalized spacial score (nSPS) is 32.6. The van der Waals surface area contributed by atoms with E-state index in [9.17, 15) is 0 Å². The Hall–Kier alpha value is 0.610. The van der Waals surface area contributed by atoms with Crippen LogP contribution in [0.5, 0.6) is 0 Å². The SMILES string of the molecule is CCN(C)CC1COC2(CCC(CC(C)C)CC2)O1.CI. The molecule has 2 rings (SSSR count). The summed E-state index contributed by atoms with van der Waals surface area (Å²) < 4.78 is 12.3. The Bertz CT molecular complexity index is 278. The molecular weight excluding hydrogens is 377 g/mol. The Morgan fingerprint density at radius 3 is 2.38 bits per heavy atom. The fraction of sp³-hybridized carbons (Fsp3) is 1.00. The zero-order chi connectivity index (χ0) is 15.9. The molecule has 0 radical (unpaired) electrons. The van der Waals surface area contributed by atoms with Crippen molar-refractivity contribution < 1.29 is 9.47 Å². The van der Waals surface area contributed by atoms with Crippen molar-refractivity contribution in [1.29, 1.82) is 0 Å². The zero-order valence-electron chi connectivity index (χ0n) is 14.5. The van der Waals surface area contributed by atoms with Gasteiger partial charge in [0.1, 0.15) is 0 Å². The number of hydrogen-bond donors (Lipinski definition) is 0. The highest BCUT2D eigenvalue weighted by atomic mass is 127. The van der Waals surface area contributed by atoms with Gasteiger partial charge < -0.3 is 14.4 Å². The molecule has 1 heterocycles. The van der Waals surface area contributed by atoms with E-state index in [0.717, 1.165) is 44.4 Å². The lowest BCUT2D eigenvalue weighted by molar-refractivity contribution is -0.194. The molecule has 1 atom stereocenters. The summed E-state index contributed by atoms with van der Waals surface area (Å²) in [6.07, 6.45) is 6.36. The third kappa shape index (κ3) is 6.32. The van der Waals surface area contributed by atoms with Crippen molar-refractivity contribution in [2.45, 2.75) is 64.8 Å². The number of alkyl halides is 1. The summed E-state index contributed by atoms with van der Waals surface area (Å²) in [7, 11) is 2.15. The van der Waals surface area contributed by atoms with Gasteiger partial charge in [0.05, 0.1) is 12.7 Å². The van der Waals surface area contributed by atoms with E-state index in [1.807, 2.05) is 4.93 Å². The van der Waals surface area contributed by atoms with Gasteiger partial charge in [-0.1, -0.05) is 43.4 Å². The van der Waals surface area contributed by atoms with Gasteiger partial charge in [-0.2, -0.15) is 0 Å².